The first-order chi connectivity index (χ1) is 14.9. The van der Waals surface area contributed by atoms with Crippen molar-refractivity contribution in [1.82, 2.24) is 9.47 Å². The quantitative estimate of drug-likeness (QED) is 0.383. The molecular weight excluding hydrogens is 397 g/mol. The number of aromatic nitrogens is 1. The lowest BCUT2D eigenvalue weighted by Crippen LogP contribution is -2.64. The summed E-state index contributed by atoms with van der Waals surface area (Å²) in [5.41, 5.74) is 7.85. The van der Waals surface area contributed by atoms with Gasteiger partial charge in [0, 0.05) is 67.9 Å². The summed E-state index contributed by atoms with van der Waals surface area (Å²) in [6.07, 6.45) is 5.76. The predicted octanol–water partition coefficient (Wildman–Crippen LogP) is 2.15. The Morgan fingerprint density at radius 2 is 2.10 bits per heavy atom. The normalized spacial score (nSPS) is 18.3. The van der Waals surface area contributed by atoms with Crippen LogP contribution in [0.15, 0.2) is 35.5 Å². The lowest BCUT2D eigenvalue weighted by atomic mass is 9.62. The molecule has 4 rings (SSSR count). The topological polar surface area (TPSA) is 116 Å². The Morgan fingerprint density at radius 3 is 2.77 bits per heavy atom. The Balaban J connectivity index is 1.23. The van der Waals surface area contributed by atoms with E-state index < -0.39 is 5.82 Å². The smallest absolute Gasteiger partial charge is 0.165 e. The van der Waals surface area contributed by atoms with Gasteiger partial charge in [-0.1, -0.05) is 0 Å². The van der Waals surface area contributed by atoms with E-state index in [1.165, 1.54) is 23.0 Å². The molecule has 8 nitrogen and oxygen atoms in total. The third-order valence-corrected chi connectivity index (χ3v) is 6.11. The van der Waals surface area contributed by atoms with Crippen LogP contribution in [-0.2, 0) is 0 Å². The van der Waals surface area contributed by atoms with Gasteiger partial charge in [0.2, 0.25) is 0 Å². The Kier molecular flexibility index (Phi) is 5.77. The van der Waals surface area contributed by atoms with Gasteiger partial charge in [0.25, 0.3) is 0 Å². The first kappa shape index (κ1) is 21.0. The summed E-state index contributed by atoms with van der Waals surface area (Å²) in [5, 5.41) is 17.9. The molecule has 2 fully saturated rings. The number of halogens is 1. The van der Waals surface area contributed by atoms with Crippen molar-refractivity contribution >= 4 is 24.1 Å². The van der Waals surface area contributed by atoms with Gasteiger partial charge < -0.3 is 26.1 Å². The molecule has 0 unspecified atom stereocenters. The highest BCUT2D eigenvalue weighted by molar-refractivity contribution is 5.86. The fourth-order valence-corrected chi connectivity index (χ4v) is 4.54. The molecule has 9 heteroatoms. The van der Waals surface area contributed by atoms with E-state index in [9.17, 15) is 4.39 Å². The first-order valence-corrected chi connectivity index (χ1v) is 10.3. The molecule has 5 N–H and O–H groups in total. The molecule has 0 bridgehead atoms. The Hall–Kier alpha value is -3.20. The van der Waals surface area contributed by atoms with Crippen LogP contribution in [0.1, 0.15) is 18.4 Å². The van der Waals surface area contributed by atoms with Gasteiger partial charge in [-0.15, -0.1) is 0 Å². The molecule has 1 saturated carbocycles. The van der Waals surface area contributed by atoms with E-state index in [-0.39, 0.29) is 17.3 Å². The first-order valence-electron chi connectivity index (χ1n) is 10.3. The standard InChI is InChI=1S/C22H28FN7O/c1-27-19-6-16(3-2-15(19)10-24)31-17-8-22(9-17)12-29(13-22)5-4-28-20-7-21(26)30(14-25)11-18(20)23/h2-3,6-7,10-11,14,17,24-25,27H,4-5,8-9,12-13,26H2,1H3. The molecule has 1 aliphatic carbocycles. The third kappa shape index (κ3) is 4.32. The lowest BCUT2D eigenvalue weighted by Gasteiger charge is -2.58. The van der Waals surface area contributed by atoms with Gasteiger partial charge in [0.05, 0.1) is 24.3 Å². The van der Waals surface area contributed by atoms with E-state index in [2.05, 4.69) is 15.2 Å². The molecule has 1 aromatic heterocycles. The van der Waals surface area contributed by atoms with Crippen molar-refractivity contribution in [2.45, 2.75) is 18.9 Å². The van der Waals surface area contributed by atoms with E-state index >= 15 is 0 Å². The molecule has 1 aromatic carbocycles. The van der Waals surface area contributed by atoms with Crippen molar-refractivity contribution in [3.05, 3.63) is 47.2 Å². The number of nitrogens with zero attached hydrogens (tertiary/aromatic N) is 3. The van der Waals surface area contributed by atoms with E-state index in [1.807, 2.05) is 25.2 Å². The largest absolute Gasteiger partial charge is 0.490 e. The number of nitrogens with one attached hydrogen (secondary N) is 3. The second-order valence-corrected chi connectivity index (χ2v) is 8.35. The van der Waals surface area contributed by atoms with Crippen LogP contribution in [0.2, 0.25) is 0 Å². The fraction of sp³-hybridized carbons (Fsp3) is 0.409. The Morgan fingerprint density at radius 1 is 1.32 bits per heavy atom. The van der Waals surface area contributed by atoms with Crippen LogP contribution in [0, 0.1) is 22.1 Å². The SMILES string of the molecule is CNc1cc(OC2CC3(C2)CN(CCN=c2cc(N)n(C=N)cc2F)C3)ccc1C=N. The zero-order valence-electron chi connectivity index (χ0n) is 17.6. The van der Waals surface area contributed by atoms with Crippen LogP contribution >= 0.6 is 0 Å². The number of pyridine rings is 1. The van der Waals surface area contributed by atoms with Gasteiger partial charge in [-0.25, -0.2) is 4.39 Å². The fourth-order valence-electron chi connectivity index (χ4n) is 4.54. The van der Waals surface area contributed by atoms with Crippen molar-refractivity contribution < 1.29 is 9.13 Å². The number of benzene rings is 1. The molecule has 2 aliphatic rings. The molecule has 2 aromatic rings. The van der Waals surface area contributed by atoms with Crippen molar-refractivity contribution in [2.24, 2.45) is 10.4 Å². The Bertz CT molecular complexity index is 1050. The minimum Gasteiger partial charge on any atom is -0.490 e. The second-order valence-electron chi connectivity index (χ2n) is 8.35. The highest BCUT2D eigenvalue weighted by Gasteiger charge is 2.53. The average Bonchev–Trinajstić information content (AvgIpc) is 2.72. The van der Waals surface area contributed by atoms with Crippen LogP contribution in [0.5, 0.6) is 5.75 Å². The Labute approximate surface area is 180 Å². The molecular formula is C22H28FN7O. The van der Waals surface area contributed by atoms with Gasteiger partial charge in [-0.2, -0.15) is 0 Å². The van der Waals surface area contributed by atoms with Gasteiger partial charge in [-0.3, -0.25) is 15.0 Å². The number of hydrogen-bond acceptors (Lipinski definition) is 7. The van der Waals surface area contributed by atoms with Gasteiger partial charge in [-0.05, 0) is 25.0 Å². The lowest BCUT2D eigenvalue weighted by molar-refractivity contribution is -0.117. The van der Waals surface area contributed by atoms with E-state index in [1.54, 1.807) is 0 Å². The maximum atomic E-state index is 14.0. The molecule has 31 heavy (non-hydrogen) atoms. The molecule has 1 aliphatic heterocycles. The van der Waals surface area contributed by atoms with Crippen LogP contribution < -0.4 is 21.1 Å². The summed E-state index contributed by atoms with van der Waals surface area (Å²) < 4.78 is 21.4. The maximum absolute atomic E-state index is 14.0. The number of ether oxygens (including phenoxy) is 1. The van der Waals surface area contributed by atoms with Crippen LogP contribution in [0.4, 0.5) is 15.9 Å². The number of anilines is 2. The van der Waals surface area contributed by atoms with Gasteiger partial charge in [0.1, 0.15) is 11.6 Å². The summed E-state index contributed by atoms with van der Waals surface area (Å²) in [5.74, 6) is 0.637. The van der Waals surface area contributed by atoms with Crippen LogP contribution in [0.25, 0.3) is 0 Å². The van der Waals surface area contributed by atoms with Gasteiger partial charge >= 0.3 is 0 Å². The molecule has 164 valence electrons. The average molecular weight is 426 g/mol. The molecule has 2 heterocycles. The predicted molar refractivity (Wildman–Crippen MR) is 120 cm³/mol. The minimum absolute atomic E-state index is 0.226. The number of nitrogens with two attached hydrogens (primary N) is 1. The zero-order valence-corrected chi connectivity index (χ0v) is 17.6. The molecule has 0 amide bonds. The third-order valence-electron chi connectivity index (χ3n) is 6.11. The second kappa shape index (κ2) is 8.50. The summed E-state index contributed by atoms with van der Waals surface area (Å²) in [6.45, 7) is 3.32. The highest BCUT2D eigenvalue weighted by atomic mass is 19.1. The van der Waals surface area contributed by atoms with E-state index in [4.69, 9.17) is 21.3 Å². The molecule has 0 radical (unpaired) electrons. The van der Waals surface area contributed by atoms with Crippen molar-refractivity contribution in [3.63, 3.8) is 0 Å². The number of rotatable bonds is 8. The highest BCUT2D eigenvalue weighted by Crippen LogP contribution is 2.49. The summed E-state index contributed by atoms with van der Waals surface area (Å²) in [7, 11) is 1.84. The monoisotopic (exact) mass is 425 g/mol. The van der Waals surface area contributed by atoms with Crippen molar-refractivity contribution in [2.75, 3.05) is 44.3 Å². The molecule has 1 spiro atoms. The maximum Gasteiger partial charge on any atom is 0.165 e. The number of hydrogen-bond donors (Lipinski definition) is 4. The molecule has 1 saturated heterocycles. The van der Waals surface area contributed by atoms with E-state index in [0.717, 1.165) is 55.8 Å². The summed E-state index contributed by atoms with van der Waals surface area (Å²) in [4.78, 5) is 6.66. The molecule has 0 atom stereocenters. The number of likely N-dealkylation sites (tertiary alicyclic amines) is 1. The summed E-state index contributed by atoms with van der Waals surface area (Å²) >= 11 is 0. The van der Waals surface area contributed by atoms with Crippen LogP contribution in [0.3, 0.4) is 0 Å². The van der Waals surface area contributed by atoms with Crippen molar-refractivity contribution in [3.8, 4) is 5.75 Å². The van der Waals surface area contributed by atoms with Crippen molar-refractivity contribution in [1.29, 1.82) is 10.8 Å². The van der Waals surface area contributed by atoms with E-state index in [0.29, 0.717) is 12.0 Å². The van der Waals surface area contributed by atoms with Crippen LogP contribution in [-0.4, -0.2) is 61.4 Å². The van der Waals surface area contributed by atoms with Gasteiger partial charge in [0.15, 0.2) is 5.82 Å². The summed E-state index contributed by atoms with van der Waals surface area (Å²) in [6, 6.07) is 7.21. The number of nitrogen functional groups attached to an aromatic ring is 1. The minimum atomic E-state index is -0.480. The zero-order chi connectivity index (χ0) is 22.0.